The Labute approximate surface area is 183 Å². The molecule has 10 heteroatoms. The summed E-state index contributed by atoms with van der Waals surface area (Å²) in [6.07, 6.45) is -4.75. The summed E-state index contributed by atoms with van der Waals surface area (Å²) in [5, 5.41) is 9.18. The molecule has 0 amide bonds. The van der Waals surface area contributed by atoms with Gasteiger partial charge in [0, 0.05) is 21.1 Å². The van der Waals surface area contributed by atoms with E-state index in [1.54, 1.807) is 19.1 Å². The Balaban J connectivity index is 1.76. The van der Waals surface area contributed by atoms with E-state index in [9.17, 15) is 22.4 Å². The first kappa shape index (κ1) is 23.1. The van der Waals surface area contributed by atoms with Crippen molar-refractivity contribution in [1.82, 2.24) is 4.98 Å². The van der Waals surface area contributed by atoms with Gasteiger partial charge in [0.2, 0.25) is 0 Å². The van der Waals surface area contributed by atoms with Gasteiger partial charge in [-0.1, -0.05) is 12.1 Å². The normalized spacial score (nSPS) is 11.5. The van der Waals surface area contributed by atoms with Crippen LogP contribution in [-0.2, 0) is 16.7 Å². The van der Waals surface area contributed by atoms with Crippen molar-refractivity contribution in [2.45, 2.75) is 30.7 Å². The first-order valence-corrected chi connectivity index (χ1v) is 10.8. The van der Waals surface area contributed by atoms with E-state index in [-0.39, 0.29) is 5.56 Å². The lowest BCUT2D eigenvalue weighted by atomic mass is 10.1. The number of thioether (sulfide) groups is 1. The Morgan fingerprint density at radius 2 is 1.94 bits per heavy atom. The quantitative estimate of drug-likeness (QED) is 0.322. The van der Waals surface area contributed by atoms with Crippen LogP contribution in [0.1, 0.15) is 21.7 Å². The van der Waals surface area contributed by atoms with E-state index < -0.39 is 30.1 Å². The molecule has 0 saturated heterocycles. The second kappa shape index (κ2) is 9.27. The molecule has 1 aromatic heterocycles. The number of thiazole rings is 1. The van der Waals surface area contributed by atoms with Crippen molar-refractivity contribution >= 4 is 29.1 Å². The van der Waals surface area contributed by atoms with Crippen LogP contribution < -0.4 is 4.74 Å². The number of ether oxygens (including phenoxy) is 1. The first-order valence-electron chi connectivity index (χ1n) is 8.96. The minimum Gasteiger partial charge on any atom is -0.482 e. The molecule has 0 aliphatic heterocycles. The zero-order valence-corrected chi connectivity index (χ0v) is 18.1. The Hall–Kier alpha value is -2.59. The minimum absolute atomic E-state index is 0.287. The molecule has 3 aromatic rings. The number of hydrogen-bond donors (Lipinski definition) is 1. The van der Waals surface area contributed by atoms with E-state index in [1.807, 2.05) is 13.0 Å². The predicted molar refractivity (Wildman–Crippen MR) is 111 cm³/mol. The highest BCUT2D eigenvalue weighted by atomic mass is 32.2. The molecule has 31 heavy (non-hydrogen) atoms. The van der Waals surface area contributed by atoms with Crippen LogP contribution >= 0.6 is 23.1 Å². The van der Waals surface area contributed by atoms with Crippen molar-refractivity contribution in [2.24, 2.45) is 0 Å². The lowest BCUT2D eigenvalue weighted by Crippen LogP contribution is -2.09. The van der Waals surface area contributed by atoms with Crippen LogP contribution in [0.5, 0.6) is 5.75 Å². The molecule has 3 rings (SSSR count). The third-order valence-electron chi connectivity index (χ3n) is 4.29. The topological polar surface area (TPSA) is 59.4 Å². The molecule has 0 atom stereocenters. The van der Waals surface area contributed by atoms with Crippen molar-refractivity contribution in [3.8, 4) is 16.3 Å². The molecule has 1 heterocycles. The maximum absolute atomic E-state index is 13.9. The highest BCUT2D eigenvalue weighted by Gasteiger charge is 2.34. The summed E-state index contributed by atoms with van der Waals surface area (Å²) < 4.78 is 57.4. The summed E-state index contributed by atoms with van der Waals surface area (Å²) in [5.74, 6) is -1.42. The number of hydrogen-bond acceptors (Lipinski definition) is 5. The summed E-state index contributed by atoms with van der Waals surface area (Å²) in [6.45, 7) is 3.27. The number of aliphatic carboxylic acids is 1. The third kappa shape index (κ3) is 5.76. The number of halogens is 4. The van der Waals surface area contributed by atoms with Gasteiger partial charge in [-0.25, -0.2) is 14.2 Å². The average molecular weight is 471 g/mol. The van der Waals surface area contributed by atoms with Gasteiger partial charge in [0.25, 0.3) is 0 Å². The number of aromatic nitrogens is 1. The second-order valence-corrected chi connectivity index (χ2v) is 8.72. The van der Waals surface area contributed by atoms with Gasteiger partial charge in [0.05, 0.1) is 11.3 Å². The zero-order valence-electron chi connectivity index (χ0n) is 16.4. The fourth-order valence-electron chi connectivity index (χ4n) is 2.68. The molecule has 0 saturated carbocycles. The van der Waals surface area contributed by atoms with Crippen molar-refractivity contribution in [3.05, 3.63) is 63.9 Å². The fraction of sp³-hybridized carbons (Fsp3) is 0.238. The molecule has 2 aromatic carbocycles. The highest BCUT2D eigenvalue weighted by molar-refractivity contribution is 7.98. The van der Waals surface area contributed by atoms with E-state index in [0.717, 1.165) is 27.5 Å². The number of alkyl halides is 3. The molecule has 0 unspecified atom stereocenters. The zero-order chi connectivity index (χ0) is 22.8. The van der Waals surface area contributed by atoms with E-state index in [4.69, 9.17) is 9.84 Å². The third-order valence-corrected chi connectivity index (χ3v) is 6.87. The maximum atomic E-state index is 13.9. The molecule has 4 nitrogen and oxygen atoms in total. The lowest BCUT2D eigenvalue weighted by molar-refractivity contribution is -0.140. The first-order chi connectivity index (χ1) is 14.5. The van der Waals surface area contributed by atoms with E-state index in [1.165, 1.54) is 29.2 Å². The van der Waals surface area contributed by atoms with Crippen LogP contribution in [0.25, 0.3) is 10.6 Å². The summed E-state index contributed by atoms with van der Waals surface area (Å²) in [5.41, 5.74) is 0.680. The van der Waals surface area contributed by atoms with Crippen molar-refractivity contribution < 1.29 is 32.2 Å². The predicted octanol–water partition coefficient (Wildman–Crippen LogP) is 6.34. The molecule has 164 valence electrons. The number of benzene rings is 2. The van der Waals surface area contributed by atoms with Gasteiger partial charge >= 0.3 is 12.1 Å². The monoisotopic (exact) mass is 471 g/mol. The van der Waals surface area contributed by atoms with Crippen LogP contribution in [0.3, 0.4) is 0 Å². The van der Waals surface area contributed by atoms with Crippen LogP contribution in [0, 0.1) is 19.7 Å². The average Bonchev–Trinajstić information content (AvgIpc) is 3.06. The van der Waals surface area contributed by atoms with Crippen LogP contribution in [0.2, 0.25) is 0 Å². The molecule has 0 aliphatic rings. The van der Waals surface area contributed by atoms with Gasteiger partial charge in [0.15, 0.2) is 6.61 Å². The molecule has 0 bridgehead atoms. The van der Waals surface area contributed by atoms with E-state index in [2.05, 4.69) is 4.98 Å². The van der Waals surface area contributed by atoms with Crippen LogP contribution in [-0.4, -0.2) is 22.7 Å². The molecule has 0 fully saturated rings. The largest absolute Gasteiger partial charge is 0.482 e. The van der Waals surface area contributed by atoms with Crippen molar-refractivity contribution in [1.29, 1.82) is 0 Å². The van der Waals surface area contributed by atoms with Gasteiger partial charge < -0.3 is 9.84 Å². The Morgan fingerprint density at radius 1 is 1.19 bits per heavy atom. The fourth-order valence-corrected chi connectivity index (χ4v) is 4.93. The Morgan fingerprint density at radius 3 is 2.58 bits per heavy atom. The summed E-state index contributed by atoms with van der Waals surface area (Å²) in [4.78, 5) is 16.8. The second-order valence-electron chi connectivity index (χ2n) is 6.62. The minimum atomic E-state index is -4.75. The van der Waals surface area contributed by atoms with Crippen LogP contribution in [0.15, 0.2) is 41.3 Å². The lowest BCUT2D eigenvalue weighted by Gasteiger charge is -2.09. The number of carboxylic acid groups (broad SMARTS) is 1. The number of aryl methyl sites for hydroxylation is 2. The van der Waals surface area contributed by atoms with E-state index >= 15 is 0 Å². The van der Waals surface area contributed by atoms with E-state index in [0.29, 0.717) is 22.2 Å². The molecule has 1 N–H and O–H groups in total. The smallest absolute Gasteiger partial charge is 0.419 e. The summed E-state index contributed by atoms with van der Waals surface area (Å²) in [6, 6.07) is 8.07. The Bertz CT molecular complexity index is 1110. The molecule has 0 aliphatic carbocycles. The molecule has 0 spiro atoms. The SMILES string of the molecule is Cc1ccc(OCC(=O)O)cc1SCc1sc(-c2ccc(C(F)(F)F)c(F)c2)nc1C. The maximum Gasteiger partial charge on any atom is 0.419 e. The van der Waals surface area contributed by atoms with Gasteiger partial charge in [-0.05, 0) is 43.7 Å². The van der Waals surface area contributed by atoms with Gasteiger partial charge in [-0.15, -0.1) is 23.1 Å². The Kier molecular flexibility index (Phi) is 6.90. The van der Waals surface area contributed by atoms with Gasteiger partial charge in [0.1, 0.15) is 16.6 Å². The van der Waals surface area contributed by atoms with Crippen molar-refractivity contribution in [3.63, 3.8) is 0 Å². The number of rotatable bonds is 7. The summed E-state index contributed by atoms with van der Waals surface area (Å²) >= 11 is 2.79. The highest BCUT2D eigenvalue weighted by Crippen LogP contribution is 2.37. The van der Waals surface area contributed by atoms with Crippen molar-refractivity contribution in [2.75, 3.05) is 6.61 Å². The molecular weight excluding hydrogens is 454 g/mol. The summed E-state index contributed by atoms with van der Waals surface area (Å²) in [7, 11) is 0. The van der Waals surface area contributed by atoms with Gasteiger partial charge in [-0.3, -0.25) is 0 Å². The molecular formula is C21H17F4NO3S2. The number of carbonyl (C=O) groups is 1. The number of carboxylic acids is 1. The standard InChI is InChI=1S/C21H17F4NO3S2/c1-11-3-5-14(29-9-19(27)28)8-17(11)30-10-18-12(2)26-20(31-18)13-4-6-15(16(22)7-13)21(23,24)25/h3-8H,9-10H2,1-2H3,(H,27,28). The number of nitrogens with zero attached hydrogens (tertiary/aromatic N) is 1. The molecule has 0 radical (unpaired) electrons. The van der Waals surface area contributed by atoms with Gasteiger partial charge in [-0.2, -0.15) is 13.2 Å². The van der Waals surface area contributed by atoms with Crippen LogP contribution in [0.4, 0.5) is 17.6 Å².